The van der Waals surface area contributed by atoms with E-state index in [4.69, 9.17) is 19.9 Å². The molecule has 4 aromatic heterocycles. The molecule has 9 rings (SSSR count). The van der Waals surface area contributed by atoms with Crippen molar-refractivity contribution in [3.63, 3.8) is 0 Å². The van der Waals surface area contributed by atoms with Crippen LogP contribution < -0.4 is 0 Å². The maximum absolute atomic E-state index is 4.99. The minimum absolute atomic E-state index is 1.01. The molecular weight excluding hydrogens is 593 g/mol. The Balaban J connectivity index is 0.995. The number of para-hydroxylation sites is 2. The van der Waals surface area contributed by atoms with E-state index in [1.807, 2.05) is 12.1 Å². The van der Waals surface area contributed by atoms with Gasteiger partial charge in [0.1, 0.15) is 20.0 Å². The number of fused-ring (bicyclic) bond motifs is 4. The molecule has 0 saturated heterocycles. The van der Waals surface area contributed by atoms with Crippen LogP contribution in [-0.2, 0) is 0 Å². The molecule has 0 amide bonds. The fraction of sp³-hybridized carbons (Fsp3) is 0. The van der Waals surface area contributed by atoms with Crippen molar-refractivity contribution in [3.8, 4) is 42.3 Å². The first kappa shape index (κ1) is 24.3. The van der Waals surface area contributed by atoms with Crippen molar-refractivity contribution in [1.82, 2.24) is 19.9 Å². The SMILES string of the molecule is c1ccc2sc(-c3ccc(-c4nc5cc6sc(-c7ccc(-c8nc9ccccc9s8)cc7)nc6cc5s4)cc3)nc2c1. The van der Waals surface area contributed by atoms with E-state index in [0.29, 0.717) is 0 Å². The lowest BCUT2D eigenvalue weighted by atomic mass is 10.1. The van der Waals surface area contributed by atoms with Crippen molar-refractivity contribution in [2.75, 3.05) is 0 Å². The average molecular weight is 611 g/mol. The van der Waals surface area contributed by atoms with Gasteiger partial charge in [-0.05, 0) is 36.4 Å². The van der Waals surface area contributed by atoms with Gasteiger partial charge in [0.25, 0.3) is 0 Å². The van der Waals surface area contributed by atoms with Crippen LogP contribution in [0.3, 0.4) is 0 Å². The van der Waals surface area contributed by atoms with Crippen molar-refractivity contribution in [3.05, 3.63) is 109 Å². The van der Waals surface area contributed by atoms with E-state index in [0.717, 1.165) is 73.8 Å². The molecule has 0 atom stereocenters. The Labute approximate surface area is 256 Å². The maximum atomic E-state index is 4.99. The second kappa shape index (κ2) is 9.61. The van der Waals surface area contributed by atoms with Crippen molar-refractivity contribution in [2.45, 2.75) is 0 Å². The predicted molar refractivity (Wildman–Crippen MR) is 181 cm³/mol. The molecular formula is C34H18N4S4. The van der Waals surface area contributed by atoms with Gasteiger partial charge in [-0.25, -0.2) is 19.9 Å². The molecule has 9 aromatic rings. The molecule has 0 saturated carbocycles. The number of hydrogen-bond donors (Lipinski definition) is 0. The van der Waals surface area contributed by atoms with Crippen LogP contribution >= 0.6 is 45.3 Å². The highest BCUT2D eigenvalue weighted by molar-refractivity contribution is 7.23. The normalized spacial score (nSPS) is 11.8. The van der Waals surface area contributed by atoms with Crippen LogP contribution in [0.4, 0.5) is 0 Å². The molecule has 0 unspecified atom stereocenters. The number of benzene rings is 5. The monoisotopic (exact) mass is 610 g/mol. The first-order chi connectivity index (χ1) is 20.7. The van der Waals surface area contributed by atoms with Gasteiger partial charge < -0.3 is 0 Å². The average Bonchev–Trinajstić information content (AvgIpc) is 3.83. The van der Waals surface area contributed by atoms with E-state index in [1.165, 1.54) is 9.40 Å². The summed E-state index contributed by atoms with van der Waals surface area (Å²) >= 11 is 6.87. The lowest BCUT2D eigenvalue weighted by Gasteiger charge is -1.99. The van der Waals surface area contributed by atoms with E-state index in [9.17, 15) is 0 Å². The van der Waals surface area contributed by atoms with Crippen LogP contribution in [0.5, 0.6) is 0 Å². The van der Waals surface area contributed by atoms with E-state index in [2.05, 4.69) is 97.1 Å². The summed E-state index contributed by atoms with van der Waals surface area (Å²) in [6.07, 6.45) is 0. The van der Waals surface area contributed by atoms with Gasteiger partial charge in [-0.2, -0.15) is 0 Å². The molecule has 0 aliphatic heterocycles. The second-order valence-corrected chi connectivity index (χ2v) is 14.1. The largest absolute Gasteiger partial charge is 0.236 e. The minimum Gasteiger partial charge on any atom is -0.236 e. The molecule has 0 aliphatic carbocycles. The number of nitrogens with zero attached hydrogens (tertiary/aromatic N) is 4. The summed E-state index contributed by atoms with van der Waals surface area (Å²) in [4.78, 5) is 19.6. The summed E-state index contributed by atoms with van der Waals surface area (Å²) in [5, 5.41) is 4.12. The van der Waals surface area contributed by atoms with Crippen LogP contribution in [0.1, 0.15) is 0 Å². The van der Waals surface area contributed by atoms with Crippen LogP contribution in [0, 0.1) is 0 Å². The fourth-order valence-electron chi connectivity index (χ4n) is 5.10. The summed E-state index contributed by atoms with van der Waals surface area (Å²) in [6.45, 7) is 0. The molecule has 0 fully saturated rings. The Bertz CT molecular complexity index is 2130. The Hall–Kier alpha value is -4.34. The van der Waals surface area contributed by atoms with Crippen LogP contribution in [-0.4, -0.2) is 19.9 Å². The molecule has 0 bridgehead atoms. The summed E-state index contributed by atoms with van der Waals surface area (Å²) < 4.78 is 4.72. The third kappa shape index (κ3) is 4.15. The van der Waals surface area contributed by atoms with Gasteiger partial charge in [0.05, 0.1) is 40.9 Å². The highest BCUT2D eigenvalue weighted by atomic mass is 32.1. The number of rotatable bonds is 4. The van der Waals surface area contributed by atoms with Crippen molar-refractivity contribution >= 4 is 86.2 Å². The highest BCUT2D eigenvalue weighted by Gasteiger charge is 2.14. The summed E-state index contributed by atoms with van der Waals surface area (Å²) in [5.41, 5.74) is 8.62. The Morgan fingerprint density at radius 2 is 0.619 bits per heavy atom. The first-order valence-electron chi connectivity index (χ1n) is 13.4. The molecule has 0 N–H and O–H groups in total. The number of thiazole rings is 4. The van der Waals surface area contributed by atoms with Gasteiger partial charge in [-0.3, -0.25) is 0 Å². The maximum Gasteiger partial charge on any atom is 0.124 e. The third-order valence-electron chi connectivity index (χ3n) is 7.24. The summed E-state index contributed by atoms with van der Waals surface area (Å²) in [7, 11) is 0. The molecule has 0 aliphatic rings. The van der Waals surface area contributed by atoms with E-state index in [1.54, 1.807) is 45.3 Å². The third-order valence-corrected chi connectivity index (χ3v) is 11.5. The van der Waals surface area contributed by atoms with Gasteiger partial charge in [0.15, 0.2) is 0 Å². The second-order valence-electron chi connectivity index (χ2n) is 9.95. The van der Waals surface area contributed by atoms with E-state index >= 15 is 0 Å². The molecule has 0 radical (unpaired) electrons. The Morgan fingerprint density at radius 3 is 0.976 bits per heavy atom. The number of hydrogen-bond acceptors (Lipinski definition) is 8. The smallest absolute Gasteiger partial charge is 0.124 e. The molecule has 4 heterocycles. The summed E-state index contributed by atoms with van der Waals surface area (Å²) in [5.74, 6) is 0. The van der Waals surface area contributed by atoms with E-state index < -0.39 is 0 Å². The van der Waals surface area contributed by atoms with Crippen LogP contribution in [0.25, 0.3) is 83.2 Å². The van der Waals surface area contributed by atoms with Crippen molar-refractivity contribution < 1.29 is 0 Å². The zero-order valence-corrected chi connectivity index (χ0v) is 25.1. The van der Waals surface area contributed by atoms with Crippen molar-refractivity contribution in [2.24, 2.45) is 0 Å². The highest BCUT2D eigenvalue weighted by Crippen LogP contribution is 2.38. The predicted octanol–water partition coefficient (Wildman–Crippen LogP) is 10.8. The lowest BCUT2D eigenvalue weighted by Crippen LogP contribution is -1.79. The van der Waals surface area contributed by atoms with Gasteiger partial charge in [0, 0.05) is 22.3 Å². The summed E-state index contributed by atoms with van der Waals surface area (Å²) in [6, 6.07) is 38.1. The molecule has 0 spiro atoms. The molecule has 42 heavy (non-hydrogen) atoms. The zero-order valence-electron chi connectivity index (χ0n) is 21.8. The quantitative estimate of drug-likeness (QED) is 0.199. The fourth-order valence-corrected chi connectivity index (χ4v) is 9.01. The zero-order chi connectivity index (χ0) is 27.6. The topological polar surface area (TPSA) is 51.6 Å². The van der Waals surface area contributed by atoms with E-state index in [-0.39, 0.29) is 0 Å². The van der Waals surface area contributed by atoms with Crippen LogP contribution in [0.15, 0.2) is 109 Å². The molecule has 4 nitrogen and oxygen atoms in total. The Morgan fingerprint density at radius 1 is 0.310 bits per heavy atom. The Kier molecular flexibility index (Phi) is 5.55. The molecule has 8 heteroatoms. The standard InChI is InChI=1S/C34H18N4S4/c1-3-7-27-23(5-1)35-31(39-27)19-9-13-21(14-10-19)33-37-25-17-30-26(18-29(25)41-33)38-34(42-30)22-15-11-20(12-16-22)32-36-24-6-2-4-8-28(24)40-32/h1-18H. The lowest BCUT2D eigenvalue weighted by molar-refractivity contribution is 1.45. The minimum atomic E-state index is 1.01. The van der Waals surface area contributed by atoms with Gasteiger partial charge >= 0.3 is 0 Å². The molecule has 198 valence electrons. The van der Waals surface area contributed by atoms with Gasteiger partial charge in [-0.15, -0.1) is 45.3 Å². The first-order valence-corrected chi connectivity index (χ1v) is 16.6. The molecule has 5 aromatic carbocycles. The van der Waals surface area contributed by atoms with Crippen LogP contribution in [0.2, 0.25) is 0 Å². The number of aromatic nitrogens is 4. The van der Waals surface area contributed by atoms with Gasteiger partial charge in [-0.1, -0.05) is 72.8 Å². The van der Waals surface area contributed by atoms with Gasteiger partial charge in [0.2, 0.25) is 0 Å². The van der Waals surface area contributed by atoms with Crippen molar-refractivity contribution in [1.29, 1.82) is 0 Å².